The van der Waals surface area contributed by atoms with Gasteiger partial charge in [-0.2, -0.15) is 23.5 Å². The van der Waals surface area contributed by atoms with Gasteiger partial charge in [-0.15, -0.1) is 0 Å². The lowest BCUT2D eigenvalue weighted by molar-refractivity contribution is -0.139. The van der Waals surface area contributed by atoms with Crippen LogP contribution in [0.15, 0.2) is 35.2 Å². The monoisotopic (exact) mass is 597 g/mol. The third-order valence-corrected chi connectivity index (χ3v) is 11.2. The molecule has 9 nitrogen and oxygen atoms in total. The standard InChI is InChI=1S/C28H34F3N5O3S.H2O.H2/c29-28(30,31)23-6-1-2-7-25(23)40(37,38)22-14-21(16-33-27(18-32)10-11-27)35(17-22)26-15-24(19-8-12-39-13-9-19)34-36(26)20-4-3-5-20;;/h1-2,6-7,15,19-22,33H,3-5,8-14,16-17H2;1H2;1H/t21-,22+;;/m0../s1. The van der Waals surface area contributed by atoms with Crippen molar-refractivity contribution in [2.75, 3.05) is 31.2 Å². The first-order valence-electron chi connectivity index (χ1n) is 14.1. The number of nitrogens with one attached hydrogen (secondary N) is 1. The molecule has 13 heteroatoms. The van der Waals surface area contributed by atoms with E-state index >= 15 is 0 Å². The first-order valence-corrected chi connectivity index (χ1v) is 15.7. The van der Waals surface area contributed by atoms with Crippen molar-refractivity contribution >= 4 is 15.7 Å². The van der Waals surface area contributed by atoms with Gasteiger partial charge in [-0.3, -0.25) is 5.32 Å². The molecule has 2 atom stereocenters. The zero-order valence-corrected chi connectivity index (χ0v) is 23.6. The number of sulfone groups is 1. The summed E-state index contributed by atoms with van der Waals surface area (Å²) in [6.07, 6.45) is 1.62. The molecule has 3 heterocycles. The molecular weight excluding hydrogens is 559 g/mol. The quantitative estimate of drug-likeness (QED) is 0.486. The summed E-state index contributed by atoms with van der Waals surface area (Å²) in [5, 5.41) is 16.9. The van der Waals surface area contributed by atoms with Crippen LogP contribution in [0.4, 0.5) is 19.0 Å². The topological polar surface area (TPSA) is 132 Å². The zero-order valence-electron chi connectivity index (χ0n) is 22.7. The number of hydrogen-bond acceptors (Lipinski definition) is 7. The minimum Gasteiger partial charge on any atom is -0.412 e. The molecular formula is C28H38F3N5O4S. The van der Waals surface area contributed by atoms with E-state index in [1.54, 1.807) is 0 Å². The van der Waals surface area contributed by atoms with Crippen molar-refractivity contribution in [3.8, 4) is 6.07 Å². The number of nitriles is 1. The van der Waals surface area contributed by atoms with Crippen LogP contribution >= 0.6 is 0 Å². The Bertz CT molecular complexity index is 1400. The second kappa shape index (κ2) is 11.2. The molecule has 226 valence electrons. The number of nitrogens with zero attached hydrogens (tertiary/aromatic N) is 4. The molecule has 0 radical (unpaired) electrons. The van der Waals surface area contributed by atoms with Crippen molar-refractivity contribution in [3.05, 3.63) is 41.6 Å². The summed E-state index contributed by atoms with van der Waals surface area (Å²) in [4.78, 5) is 1.35. The van der Waals surface area contributed by atoms with Crippen molar-refractivity contribution < 1.29 is 33.2 Å². The van der Waals surface area contributed by atoms with Gasteiger partial charge in [-0.25, -0.2) is 13.1 Å². The first kappa shape index (κ1) is 29.8. The fourth-order valence-corrected chi connectivity index (χ4v) is 8.13. The normalized spacial score (nSPS) is 24.9. The van der Waals surface area contributed by atoms with Crippen LogP contribution in [0.2, 0.25) is 0 Å². The number of benzene rings is 1. The summed E-state index contributed by atoms with van der Waals surface area (Å²) in [6, 6.07) is 8.70. The molecule has 0 bridgehead atoms. The fraction of sp³-hybridized carbons (Fsp3) is 0.643. The average molecular weight is 598 g/mol. The number of aromatic nitrogens is 2. The summed E-state index contributed by atoms with van der Waals surface area (Å²) in [5.41, 5.74) is -0.778. The van der Waals surface area contributed by atoms with Gasteiger partial charge in [0.2, 0.25) is 0 Å². The number of hydrogen-bond donors (Lipinski definition) is 1. The molecule has 3 N–H and O–H groups in total. The van der Waals surface area contributed by atoms with E-state index in [9.17, 15) is 26.9 Å². The Morgan fingerprint density at radius 1 is 1.17 bits per heavy atom. The second-order valence-electron chi connectivity index (χ2n) is 11.6. The molecule has 1 aromatic carbocycles. The highest BCUT2D eigenvalue weighted by Crippen LogP contribution is 2.42. The van der Waals surface area contributed by atoms with Crippen LogP contribution in [-0.4, -0.2) is 66.8 Å². The Morgan fingerprint density at radius 2 is 1.88 bits per heavy atom. The van der Waals surface area contributed by atoms with E-state index < -0.39 is 37.3 Å². The molecule has 0 spiro atoms. The van der Waals surface area contributed by atoms with Crippen molar-refractivity contribution in [2.24, 2.45) is 0 Å². The smallest absolute Gasteiger partial charge is 0.412 e. The Hall–Kier alpha value is -2.66. The highest BCUT2D eigenvalue weighted by Gasteiger charge is 2.48. The van der Waals surface area contributed by atoms with Crippen molar-refractivity contribution in [3.63, 3.8) is 0 Å². The average Bonchev–Trinajstić information content (AvgIpc) is 3.37. The maximum Gasteiger partial charge on any atom is 0.417 e. The zero-order chi connectivity index (χ0) is 28.1. The number of halogens is 3. The maximum atomic E-state index is 13.8. The first-order chi connectivity index (χ1) is 19.1. The van der Waals surface area contributed by atoms with E-state index in [4.69, 9.17) is 9.84 Å². The van der Waals surface area contributed by atoms with Gasteiger partial charge in [0, 0.05) is 45.8 Å². The lowest BCUT2D eigenvalue weighted by atomic mass is 9.93. The lowest BCUT2D eigenvalue weighted by Gasteiger charge is -2.33. The van der Waals surface area contributed by atoms with Crippen LogP contribution in [0.1, 0.15) is 76.0 Å². The highest BCUT2D eigenvalue weighted by atomic mass is 32.2. The van der Waals surface area contributed by atoms with Crippen LogP contribution in [-0.2, 0) is 20.8 Å². The van der Waals surface area contributed by atoms with E-state index in [0.717, 1.165) is 68.6 Å². The third kappa shape index (κ3) is 5.71. The highest BCUT2D eigenvalue weighted by molar-refractivity contribution is 7.92. The van der Waals surface area contributed by atoms with Gasteiger partial charge in [0.25, 0.3) is 0 Å². The lowest BCUT2D eigenvalue weighted by Crippen LogP contribution is -2.43. The molecule has 4 aliphatic rings. The molecule has 2 aliphatic carbocycles. The molecule has 2 saturated carbocycles. The van der Waals surface area contributed by atoms with E-state index in [-0.39, 0.29) is 37.9 Å². The molecule has 41 heavy (non-hydrogen) atoms. The van der Waals surface area contributed by atoms with Crippen LogP contribution in [0.25, 0.3) is 0 Å². The van der Waals surface area contributed by atoms with Crippen LogP contribution in [0.5, 0.6) is 0 Å². The minimum absolute atomic E-state index is 0. The number of ether oxygens (including phenoxy) is 1. The van der Waals surface area contributed by atoms with Gasteiger partial charge in [0.15, 0.2) is 9.84 Å². The molecule has 2 aromatic rings. The Kier molecular flexibility index (Phi) is 8.15. The van der Waals surface area contributed by atoms with E-state index in [1.165, 1.54) is 12.1 Å². The number of alkyl halides is 3. The van der Waals surface area contributed by atoms with Gasteiger partial charge in [0.1, 0.15) is 11.4 Å². The molecule has 2 saturated heterocycles. The van der Waals surface area contributed by atoms with E-state index in [2.05, 4.69) is 17.5 Å². The SMILES string of the molecule is N#CC1(NC[C@@H]2C[C@@H](S(=O)(=O)c3ccccc3C(F)(F)F)CN2c2cc(C3CCOCC3)nn2C2CCC2)CC1.O.[HH]. The number of anilines is 1. The van der Waals surface area contributed by atoms with Gasteiger partial charge in [0.05, 0.1) is 33.5 Å². The number of rotatable bonds is 8. The summed E-state index contributed by atoms with van der Waals surface area (Å²) in [5.74, 6) is 1.07. The summed E-state index contributed by atoms with van der Waals surface area (Å²) in [7, 11) is -4.31. The summed E-state index contributed by atoms with van der Waals surface area (Å²) in [6.45, 7) is 1.76. The van der Waals surface area contributed by atoms with Crippen molar-refractivity contribution in [1.82, 2.24) is 15.1 Å². The molecule has 0 amide bonds. The van der Waals surface area contributed by atoms with Crippen molar-refractivity contribution in [1.29, 1.82) is 5.26 Å². The van der Waals surface area contributed by atoms with Crippen LogP contribution in [0, 0.1) is 11.3 Å². The molecule has 1 aromatic heterocycles. The Balaban J connectivity index is 0.00000202. The van der Waals surface area contributed by atoms with Gasteiger partial charge >= 0.3 is 6.18 Å². The molecule has 0 unspecified atom stereocenters. The molecule has 2 aliphatic heterocycles. The van der Waals surface area contributed by atoms with Gasteiger partial charge in [-0.1, -0.05) is 12.1 Å². The predicted octanol–water partition coefficient (Wildman–Crippen LogP) is 4.01. The van der Waals surface area contributed by atoms with E-state index in [0.29, 0.717) is 19.8 Å². The summed E-state index contributed by atoms with van der Waals surface area (Å²) >= 11 is 0. The Morgan fingerprint density at radius 3 is 2.49 bits per heavy atom. The third-order valence-electron chi connectivity index (χ3n) is 9.04. The van der Waals surface area contributed by atoms with Crippen LogP contribution in [0.3, 0.4) is 0 Å². The second-order valence-corrected chi connectivity index (χ2v) is 13.8. The maximum absolute atomic E-state index is 13.8. The fourth-order valence-electron chi connectivity index (χ4n) is 6.18. The van der Waals surface area contributed by atoms with Gasteiger partial charge < -0.3 is 15.1 Å². The van der Waals surface area contributed by atoms with Gasteiger partial charge in [-0.05, 0) is 63.5 Å². The van der Waals surface area contributed by atoms with Crippen molar-refractivity contribution in [2.45, 2.75) is 91.2 Å². The largest absolute Gasteiger partial charge is 0.417 e. The van der Waals surface area contributed by atoms with E-state index in [1.807, 2.05) is 9.58 Å². The Labute approximate surface area is 239 Å². The predicted molar refractivity (Wildman–Crippen MR) is 147 cm³/mol. The molecule has 4 fully saturated rings. The summed E-state index contributed by atoms with van der Waals surface area (Å²) < 4.78 is 76.6. The minimum atomic E-state index is -4.78. The molecule has 6 rings (SSSR count). The van der Waals surface area contributed by atoms with Crippen LogP contribution < -0.4 is 10.2 Å².